The Morgan fingerprint density at radius 3 is 2.26 bits per heavy atom. The molecule has 0 saturated heterocycles. The normalized spacial score (nSPS) is 12.1. The van der Waals surface area contributed by atoms with Crippen molar-refractivity contribution in [3.63, 3.8) is 0 Å². The highest BCUT2D eigenvalue weighted by Gasteiger charge is 2.28. The third-order valence-electron chi connectivity index (χ3n) is 2.98. The lowest BCUT2D eigenvalue weighted by molar-refractivity contribution is 0.0605. The second-order valence-corrected chi connectivity index (χ2v) is 7.38. The van der Waals surface area contributed by atoms with E-state index in [1.165, 1.54) is 16.2 Å². The van der Waals surface area contributed by atoms with Crippen LogP contribution in [0.5, 0.6) is 0 Å². The average molecular weight is 330 g/mol. The first-order chi connectivity index (χ1) is 10.8. The van der Waals surface area contributed by atoms with Crippen LogP contribution in [0.15, 0.2) is 47.5 Å². The Bertz CT molecular complexity index is 699. The molecule has 0 aliphatic rings. The van der Waals surface area contributed by atoms with Crippen molar-refractivity contribution in [1.29, 1.82) is 0 Å². The van der Waals surface area contributed by atoms with Crippen molar-refractivity contribution in [1.82, 2.24) is 0 Å². The van der Waals surface area contributed by atoms with Crippen LogP contribution in [0.1, 0.15) is 31.2 Å². The molecule has 0 N–H and O–H groups in total. The highest BCUT2D eigenvalue weighted by Crippen LogP contribution is 2.29. The van der Waals surface area contributed by atoms with Crippen LogP contribution >= 0.6 is 11.3 Å². The number of carbonyl (C=O) groups excluding carboxylic acids is 1. The zero-order valence-corrected chi connectivity index (χ0v) is 15.0. The Balaban J connectivity index is 2.47. The molecule has 122 valence electrons. The molecule has 23 heavy (non-hydrogen) atoms. The average Bonchev–Trinajstić information content (AvgIpc) is 2.89. The number of carbonyl (C=O) groups is 1. The van der Waals surface area contributed by atoms with E-state index in [0.717, 1.165) is 15.4 Å². The van der Waals surface area contributed by atoms with Gasteiger partial charge in [-0.15, -0.1) is 11.3 Å². The van der Waals surface area contributed by atoms with Crippen molar-refractivity contribution in [2.75, 3.05) is 11.9 Å². The molecular weight excluding hydrogens is 308 g/mol. The molecule has 1 aromatic carbocycles. The fourth-order valence-electron chi connectivity index (χ4n) is 2.08. The van der Waals surface area contributed by atoms with Gasteiger partial charge in [-0.05, 0) is 39.8 Å². The Morgan fingerprint density at radius 2 is 1.78 bits per heavy atom. The number of benzene rings is 1. The molecule has 1 aromatic heterocycles. The van der Waals surface area contributed by atoms with Crippen molar-refractivity contribution in [3.05, 3.63) is 52.9 Å². The smallest absolute Gasteiger partial charge is 0.421 e. The molecule has 0 saturated carbocycles. The maximum atomic E-state index is 12.8. The highest BCUT2D eigenvalue weighted by molar-refractivity contribution is 7.16. The van der Waals surface area contributed by atoms with Gasteiger partial charge in [-0.1, -0.05) is 30.3 Å². The van der Waals surface area contributed by atoms with Gasteiger partial charge in [0, 0.05) is 17.5 Å². The van der Waals surface area contributed by atoms with Gasteiger partial charge in [0.25, 0.3) is 0 Å². The number of aryl methyl sites for hydroxylation is 1. The first kappa shape index (κ1) is 17.2. The van der Waals surface area contributed by atoms with E-state index in [2.05, 4.69) is 4.99 Å². The van der Waals surface area contributed by atoms with Crippen LogP contribution in [0.4, 0.5) is 9.80 Å². The van der Waals surface area contributed by atoms with Gasteiger partial charge in [0.15, 0.2) is 0 Å². The van der Waals surface area contributed by atoms with E-state index >= 15 is 0 Å². The molecule has 0 radical (unpaired) electrons. The second-order valence-electron chi connectivity index (χ2n) is 6.11. The van der Waals surface area contributed by atoms with Crippen molar-refractivity contribution < 1.29 is 9.53 Å². The van der Waals surface area contributed by atoms with E-state index in [1.54, 1.807) is 7.05 Å². The van der Waals surface area contributed by atoms with Gasteiger partial charge in [-0.25, -0.2) is 9.69 Å². The summed E-state index contributed by atoms with van der Waals surface area (Å²) < 4.78 is 5.58. The summed E-state index contributed by atoms with van der Waals surface area (Å²) in [4.78, 5) is 19.8. The standard InChI is InChI=1S/C18H22N2O2S/c1-13-11-12-15(23-13)20(17(21)22-18(2,3)4)16(19-5)14-9-7-6-8-10-14/h6-12H,1-5H3. The fourth-order valence-corrected chi connectivity index (χ4v) is 2.93. The summed E-state index contributed by atoms with van der Waals surface area (Å²) >= 11 is 1.53. The maximum absolute atomic E-state index is 12.8. The summed E-state index contributed by atoms with van der Waals surface area (Å²) in [6.45, 7) is 7.57. The largest absolute Gasteiger partial charge is 0.443 e. The third-order valence-corrected chi connectivity index (χ3v) is 3.96. The summed E-state index contributed by atoms with van der Waals surface area (Å²) in [5, 5.41) is 0.793. The van der Waals surface area contributed by atoms with Crippen molar-refractivity contribution in [2.45, 2.75) is 33.3 Å². The number of rotatable bonds is 2. The Labute approximate surface area is 141 Å². The van der Waals surface area contributed by atoms with E-state index in [-0.39, 0.29) is 0 Å². The van der Waals surface area contributed by atoms with Crippen LogP contribution in [0.3, 0.4) is 0 Å². The van der Waals surface area contributed by atoms with Gasteiger partial charge in [-0.3, -0.25) is 4.99 Å². The Morgan fingerprint density at radius 1 is 1.13 bits per heavy atom. The predicted octanol–water partition coefficient (Wildman–Crippen LogP) is 4.87. The number of hydrogen-bond acceptors (Lipinski definition) is 4. The van der Waals surface area contributed by atoms with E-state index in [4.69, 9.17) is 4.74 Å². The van der Waals surface area contributed by atoms with Crippen LogP contribution < -0.4 is 4.90 Å². The van der Waals surface area contributed by atoms with Gasteiger partial charge in [0.05, 0.1) is 0 Å². The molecule has 0 bridgehead atoms. The molecule has 5 heteroatoms. The maximum Gasteiger partial charge on any atom is 0.421 e. The zero-order chi connectivity index (χ0) is 17.0. The molecule has 0 aliphatic carbocycles. The highest BCUT2D eigenvalue weighted by atomic mass is 32.1. The molecule has 1 heterocycles. The number of hydrogen-bond donors (Lipinski definition) is 0. The van der Waals surface area contributed by atoms with Gasteiger partial charge in [-0.2, -0.15) is 0 Å². The first-order valence-corrected chi connectivity index (χ1v) is 8.25. The molecular formula is C18H22N2O2S. The van der Waals surface area contributed by atoms with E-state index < -0.39 is 11.7 Å². The van der Waals surface area contributed by atoms with E-state index in [0.29, 0.717) is 5.84 Å². The molecule has 0 atom stereocenters. The topological polar surface area (TPSA) is 41.9 Å². The molecule has 4 nitrogen and oxygen atoms in total. The minimum absolute atomic E-state index is 0.427. The van der Waals surface area contributed by atoms with Crippen LogP contribution in [-0.4, -0.2) is 24.6 Å². The summed E-state index contributed by atoms with van der Waals surface area (Å²) in [5.41, 5.74) is 0.295. The molecule has 0 aliphatic heterocycles. The van der Waals surface area contributed by atoms with E-state index in [1.807, 2.05) is 70.2 Å². The number of ether oxygens (including phenoxy) is 1. The van der Waals surface area contributed by atoms with Crippen LogP contribution in [0.2, 0.25) is 0 Å². The fraction of sp³-hybridized carbons (Fsp3) is 0.333. The van der Waals surface area contributed by atoms with Gasteiger partial charge in [0.2, 0.25) is 0 Å². The molecule has 2 aromatic rings. The number of amidine groups is 1. The van der Waals surface area contributed by atoms with Crippen LogP contribution in [-0.2, 0) is 4.74 Å². The van der Waals surface area contributed by atoms with Crippen molar-refractivity contribution >= 4 is 28.3 Å². The number of nitrogens with zero attached hydrogens (tertiary/aromatic N) is 2. The third kappa shape index (κ3) is 4.42. The van der Waals surface area contributed by atoms with Crippen LogP contribution in [0.25, 0.3) is 0 Å². The predicted molar refractivity (Wildman–Crippen MR) is 96.7 cm³/mol. The van der Waals surface area contributed by atoms with Crippen molar-refractivity contribution in [2.24, 2.45) is 4.99 Å². The summed E-state index contributed by atoms with van der Waals surface area (Å²) in [6.07, 6.45) is -0.427. The molecule has 2 rings (SSSR count). The minimum atomic E-state index is -0.572. The first-order valence-electron chi connectivity index (χ1n) is 7.43. The number of anilines is 1. The lowest BCUT2D eigenvalue weighted by Gasteiger charge is -2.27. The SMILES string of the molecule is CN=C(c1ccccc1)N(C(=O)OC(C)(C)C)c1ccc(C)s1. The number of amides is 1. The summed E-state index contributed by atoms with van der Waals surface area (Å²) in [6, 6.07) is 13.5. The molecule has 0 fully saturated rings. The second kappa shape index (κ2) is 6.96. The monoisotopic (exact) mass is 330 g/mol. The molecule has 0 spiro atoms. The Hall–Kier alpha value is -2.14. The lowest BCUT2D eigenvalue weighted by atomic mass is 10.2. The number of aliphatic imine (C=N–C) groups is 1. The Kier molecular flexibility index (Phi) is 5.21. The van der Waals surface area contributed by atoms with Crippen LogP contribution in [0, 0.1) is 6.92 Å². The number of thiophene rings is 1. The summed E-state index contributed by atoms with van der Waals surface area (Å²) in [5.74, 6) is 0.571. The lowest BCUT2D eigenvalue weighted by Crippen LogP contribution is -2.41. The molecule has 1 amide bonds. The van der Waals surface area contributed by atoms with Gasteiger partial charge >= 0.3 is 6.09 Å². The van der Waals surface area contributed by atoms with Gasteiger partial charge in [0.1, 0.15) is 16.4 Å². The minimum Gasteiger partial charge on any atom is -0.443 e. The molecule has 0 unspecified atom stereocenters. The van der Waals surface area contributed by atoms with Gasteiger partial charge < -0.3 is 4.74 Å². The quantitative estimate of drug-likeness (QED) is 0.582. The van der Waals surface area contributed by atoms with Crippen molar-refractivity contribution in [3.8, 4) is 0 Å². The zero-order valence-electron chi connectivity index (χ0n) is 14.2. The van der Waals surface area contributed by atoms with E-state index in [9.17, 15) is 4.79 Å². The summed E-state index contributed by atoms with van der Waals surface area (Å²) in [7, 11) is 1.68.